The van der Waals surface area contributed by atoms with E-state index in [2.05, 4.69) is 20.7 Å². The van der Waals surface area contributed by atoms with Crippen LogP contribution in [0.2, 0.25) is 0 Å². The number of piperidine rings is 1. The maximum Gasteiger partial charge on any atom is 0.167 e. The molecule has 1 aromatic carbocycles. The SMILES string of the molecule is COC1(c2c(F)c(F)cc3[nH]nnc23)C2CCCC1CNC2. The second-order valence-corrected chi connectivity index (χ2v) is 6.24. The van der Waals surface area contributed by atoms with Gasteiger partial charge in [-0.1, -0.05) is 11.6 Å². The number of methoxy groups -OCH3 is 1. The number of aromatic nitrogens is 3. The van der Waals surface area contributed by atoms with Crippen molar-refractivity contribution in [2.24, 2.45) is 11.8 Å². The lowest BCUT2D eigenvalue weighted by molar-refractivity contribution is -0.145. The fraction of sp³-hybridized carbons (Fsp3) is 0.600. The summed E-state index contributed by atoms with van der Waals surface area (Å²) >= 11 is 0. The fourth-order valence-electron chi connectivity index (χ4n) is 4.45. The molecule has 1 saturated carbocycles. The number of benzene rings is 1. The zero-order valence-electron chi connectivity index (χ0n) is 12.3. The molecule has 2 unspecified atom stereocenters. The summed E-state index contributed by atoms with van der Waals surface area (Å²) in [5.74, 6) is -1.55. The van der Waals surface area contributed by atoms with Crippen LogP contribution < -0.4 is 5.32 Å². The van der Waals surface area contributed by atoms with E-state index in [9.17, 15) is 8.78 Å². The maximum absolute atomic E-state index is 14.8. The van der Waals surface area contributed by atoms with Crippen LogP contribution in [0.1, 0.15) is 24.8 Å². The van der Waals surface area contributed by atoms with Crippen LogP contribution in [-0.4, -0.2) is 35.6 Å². The number of nitrogens with one attached hydrogen (secondary N) is 2. The molecular weight excluding hydrogens is 290 g/mol. The summed E-state index contributed by atoms with van der Waals surface area (Å²) in [4.78, 5) is 0. The molecule has 1 saturated heterocycles. The van der Waals surface area contributed by atoms with E-state index in [4.69, 9.17) is 4.74 Å². The van der Waals surface area contributed by atoms with Gasteiger partial charge in [0, 0.05) is 38.1 Å². The van der Waals surface area contributed by atoms with Crippen LogP contribution in [0.4, 0.5) is 8.78 Å². The van der Waals surface area contributed by atoms with E-state index in [0.717, 1.165) is 38.4 Å². The van der Waals surface area contributed by atoms with Gasteiger partial charge in [0.05, 0.1) is 11.1 Å². The van der Waals surface area contributed by atoms with E-state index in [1.165, 1.54) is 0 Å². The van der Waals surface area contributed by atoms with Crippen molar-refractivity contribution in [1.29, 1.82) is 0 Å². The van der Waals surface area contributed by atoms with E-state index in [1.807, 2.05) is 0 Å². The third-order valence-corrected chi connectivity index (χ3v) is 5.34. The minimum atomic E-state index is -0.887. The summed E-state index contributed by atoms with van der Waals surface area (Å²) in [5.41, 5.74) is 0.168. The lowest BCUT2D eigenvalue weighted by Gasteiger charge is -2.52. The van der Waals surface area contributed by atoms with Crippen LogP contribution in [0.15, 0.2) is 6.07 Å². The van der Waals surface area contributed by atoms with Crippen LogP contribution in [0.25, 0.3) is 11.0 Å². The van der Waals surface area contributed by atoms with Gasteiger partial charge in [0.25, 0.3) is 0 Å². The minimum Gasteiger partial charge on any atom is -0.373 e. The van der Waals surface area contributed by atoms with E-state index in [1.54, 1.807) is 7.11 Å². The van der Waals surface area contributed by atoms with E-state index >= 15 is 0 Å². The molecule has 2 fully saturated rings. The number of hydrogen-bond acceptors (Lipinski definition) is 4. The fourth-order valence-corrected chi connectivity index (χ4v) is 4.45. The van der Waals surface area contributed by atoms with E-state index in [0.29, 0.717) is 11.0 Å². The van der Waals surface area contributed by atoms with Crippen LogP contribution in [0.5, 0.6) is 0 Å². The predicted molar refractivity (Wildman–Crippen MR) is 76.2 cm³/mol. The van der Waals surface area contributed by atoms with Crippen LogP contribution >= 0.6 is 0 Å². The van der Waals surface area contributed by atoms with Gasteiger partial charge in [-0.15, -0.1) is 5.10 Å². The number of rotatable bonds is 2. The molecule has 0 radical (unpaired) electrons. The molecule has 2 aromatic rings. The first-order valence-electron chi connectivity index (χ1n) is 7.63. The largest absolute Gasteiger partial charge is 0.373 e. The Hall–Kier alpha value is -1.60. The number of nitrogens with zero attached hydrogens (tertiary/aromatic N) is 2. The van der Waals surface area contributed by atoms with Gasteiger partial charge in [-0.2, -0.15) is 0 Å². The highest BCUT2D eigenvalue weighted by atomic mass is 19.2. The molecule has 118 valence electrons. The van der Waals surface area contributed by atoms with Crippen molar-refractivity contribution in [1.82, 2.24) is 20.7 Å². The van der Waals surface area contributed by atoms with Gasteiger partial charge in [-0.05, 0) is 12.8 Å². The van der Waals surface area contributed by atoms with Crippen molar-refractivity contribution >= 4 is 11.0 Å². The number of H-pyrrole nitrogens is 1. The molecule has 0 amide bonds. The van der Waals surface area contributed by atoms with Gasteiger partial charge in [0.1, 0.15) is 11.1 Å². The first-order valence-corrected chi connectivity index (χ1v) is 7.63. The summed E-state index contributed by atoms with van der Waals surface area (Å²) in [6, 6.07) is 1.11. The molecule has 1 aromatic heterocycles. The van der Waals surface area contributed by atoms with Crippen molar-refractivity contribution in [3.63, 3.8) is 0 Å². The highest BCUT2D eigenvalue weighted by Gasteiger charge is 2.54. The lowest BCUT2D eigenvalue weighted by atomic mass is 9.62. The standard InChI is InChI=1S/C15H18F2N4O/c1-22-15(8-3-2-4-9(15)7-18-6-8)12-13(17)10(16)5-11-14(12)20-21-19-11/h5,8-9,18H,2-4,6-7H2,1H3,(H,19,20,21). The molecule has 1 aliphatic heterocycles. The Morgan fingerprint density at radius 2 is 2.00 bits per heavy atom. The third-order valence-electron chi connectivity index (χ3n) is 5.34. The van der Waals surface area contributed by atoms with Gasteiger partial charge in [0.15, 0.2) is 11.6 Å². The van der Waals surface area contributed by atoms with Gasteiger partial charge < -0.3 is 10.1 Å². The number of ether oxygens (including phenoxy) is 1. The number of aromatic amines is 1. The van der Waals surface area contributed by atoms with Crippen molar-refractivity contribution in [2.45, 2.75) is 24.9 Å². The monoisotopic (exact) mass is 308 g/mol. The zero-order valence-corrected chi connectivity index (χ0v) is 12.3. The quantitative estimate of drug-likeness (QED) is 0.892. The normalized spacial score (nSPS) is 31.6. The topological polar surface area (TPSA) is 62.8 Å². The Balaban J connectivity index is 2.03. The van der Waals surface area contributed by atoms with Crippen molar-refractivity contribution in [2.75, 3.05) is 20.2 Å². The Morgan fingerprint density at radius 1 is 1.27 bits per heavy atom. The van der Waals surface area contributed by atoms with Crippen molar-refractivity contribution in [3.8, 4) is 0 Å². The van der Waals surface area contributed by atoms with E-state index < -0.39 is 17.2 Å². The lowest BCUT2D eigenvalue weighted by Crippen LogP contribution is -2.58. The van der Waals surface area contributed by atoms with Crippen LogP contribution in [0, 0.1) is 23.5 Å². The Kier molecular flexibility index (Phi) is 3.16. The number of halogens is 2. The predicted octanol–water partition coefficient (Wildman–Crippen LogP) is 2.10. The molecular formula is C15H18F2N4O. The maximum atomic E-state index is 14.8. The minimum absolute atomic E-state index is 0.0983. The summed E-state index contributed by atoms with van der Waals surface area (Å²) in [6.45, 7) is 1.47. The van der Waals surface area contributed by atoms with E-state index in [-0.39, 0.29) is 17.4 Å². The smallest absolute Gasteiger partial charge is 0.167 e. The Bertz CT molecular complexity index is 695. The summed E-state index contributed by atoms with van der Waals surface area (Å²) < 4.78 is 34.8. The van der Waals surface area contributed by atoms with Crippen molar-refractivity contribution < 1.29 is 13.5 Å². The average Bonchev–Trinajstić information content (AvgIpc) is 2.95. The average molecular weight is 308 g/mol. The molecule has 1 aliphatic carbocycles. The third kappa shape index (κ3) is 1.69. The van der Waals surface area contributed by atoms with Crippen molar-refractivity contribution in [3.05, 3.63) is 23.3 Å². The van der Waals surface area contributed by atoms with Crippen LogP contribution in [-0.2, 0) is 10.3 Å². The molecule has 5 nitrogen and oxygen atoms in total. The van der Waals surface area contributed by atoms with Gasteiger partial charge >= 0.3 is 0 Å². The highest BCUT2D eigenvalue weighted by Crippen LogP contribution is 2.51. The highest BCUT2D eigenvalue weighted by molar-refractivity contribution is 5.79. The molecule has 2 aliphatic rings. The second kappa shape index (κ2) is 4.96. The second-order valence-electron chi connectivity index (χ2n) is 6.24. The summed E-state index contributed by atoms with van der Waals surface area (Å²) in [7, 11) is 1.59. The molecule has 2 atom stereocenters. The first-order chi connectivity index (χ1) is 10.7. The first kappa shape index (κ1) is 14.0. The molecule has 2 N–H and O–H groups in total. The van der Waals surface area contributed by atoms with Crippen LogP contribution in [0.3, 0.4) is 0 Å². The molecule has 22 heavy (non-hydrogen) atoms. The molecule has 4 rings (SSSR count). The Morgan fingerprint density at radius 3 is 2.68 bits per heavy atom. The number of hydrogen-bond donors (Lipinski definition) is 2. The Labute approximate surface area is 126 Å². The molecule has 0 spiro atoms. The molecule has 2 bridgehead atoms. The summed E-state index contributed by atoms with van der Waals surface area (Å²) in [6.07, 6.45) is 2.93. The molecule has 7 heteroatoms. The van der Waals surface area contributed by atoms with Gasteiger partial charge in [0.2, 0.25) is 0 Å². The zero-order chi connectivity index (χ0) is 15.3. The van der Waals surface area contributed by atoms with Gasteiger partial charge in [-0.3, -0.25) is 5.10 Å². The molecule has 2 heterocycles. The number of fused-ring (bicyclic) bond motifs is 3. The summed E-state index contributed by atoms with van der Waals surface area (Å²) in [5, 5.41) is 13.7. The van der Waals surface area contributed by atoms with Gasteiger partial charge in [-0.25, -0.2) is 8.78 Å².